The molecule has 0 heterocycles. The summed E-state index contributed by atoms with van der Waals surface area (Å²) in [5.74, 6) is -0.0759. The van der Waals surface area contributed by atoms with E-state index < -0.39 is 0 Å². The zero-order chi connectivity index (χ0) is 10.6. The molecule has 0 bridgehead atoms. The predicted molar refractivity (Wildman–Crippen MR) is 54.9 cm³/mol. The van der Waals surface area contributed by atoms with Crippen molar-refractivity contribution in [2.24, 2.45) is 0 Å². The first kappa shape index (κ1) is 10.7. The third-order valence-corrected chi connectivity index (χ3v) is 1.89. The lowest BCUT2D eigenvalue weighted by Gasteiger charge is -2.05. The molecule has 1 aromatic rings. The van der Waals surface area contributed by atoms with Gasteiger partial charge in [-0.25, -0.2) is 0 Å². The molecule has 0 aliphatic rings. The van der Waals surface area contributed by atoms with Crippen LogP contribution in [0.2, 0.25) is 0 Å². The van der Waals surface area contributed by atoms with Crippen molar-refractivity contribution in [2.45, 2.75) is 6.92 Å². The molecule has 1 aromatic carbocycles. The van der Waals surface area contributed by atoms with Gasteiger partial charge in [-0.1, -0.05) is 11.6 Å². The number of benzene rings is 1. The van der Waals surface area contributed by atoms with Crippen LogP contribution < -0.4 is 11.2 Å². The van der Waals surface area contributed by atoms with Gasteiger partial charge in [0, 0.05) is 11.3 Å². The number of nitrogen functional groups attached to an aromatic ring is 1. The van der Waals surface area contributed by atoms with Crippen LogP contribution in [0.4, 0.5) is 5.69 Å². The number of Topliss-reactive ketones (excluding diaryl/α,β-unsaturated/α-hetero) is 1. The molecule has 4 heteroatoms. The molecule has 0 unspecified atom stereocenters. The van der Waals surface area contributed by atoms with E-state index in [0.29, 0.717) is 11.3 Å². The lowest BCUT2D eigenvalue weighted by molar-refractivity contribution is 0.0736. The van der Waals surface area contributed by atoms with E-state index in [-0.39, 0.29) is 12.3 Å². The van der Waals surface area contributed by atoms with Gasteiger partial charge in [0.15, 0.2) is 5.78 Å². The Morgan fingerprint density at radius 1 is 1.57 bits per heavy atom. The Bertz CT molecular complexity index is 337. The maximum atomic E-state index is 11.6. The van der Waals surface area contributed by atoms with Crippen LogP contribution in [0, 0.1) is 6.92 Å². The van der Waals surface area contributed by atoms with Crippen molar-refractivity contribution in [3.05, 3.63) is 29.3 Å². The number of anilines is 1. The number of ketones is 1. The highest BCUT2D eigenvalue weighted by Gasteiger charge is 2.08. The topological polar surface area (TPSA) is 64.3 Å². The van der Waals surface area contributed by atoms with Crippen molar-refractivity contribution in [1.29, 1.82) is 0 Å². The SMILES string of the molecule is CONCC(=O)c1cc(C)ccc1N. The number of hydrogen-bond acceptors (Lipinski definition) is 4. The van der Waals surface area contributed by atoms with Gasteiger partial charge in [-0.15, -0.1) is 0 Å². The van der Waals surface area contributed by atoms with Crippen LogP contribution in [0.3, 0.4) is 0 Å². The van der Waals surface area contributed by atoms with Crippen LogP contribution in [-0.2, 0) is 4.84 Å². The lowest BCUT2D eigenvalue weighted by atomic mass is 10.1. The quantitative estimate of drug-likeness (QED) is 0.425. The zero-order valence-corrected chi connectivity index (χ0v) is 8.33. The van der Waals surface area contributed by atoms with Gasteiger partial charge in [0.05, 0.1) is 13.7 Å². The van der Waals surface area contributed by atoms with Gasteiger partial charge in [0.2, 0.25) is 0 Å². The maximum Gasteiger partial charge on any atom is 0.181 e. The van der Waals surface area contributed by atoms with Crippen LogP contribution >= 0.6 is 0 Å². The third kappa shape index (κ3) is 2.55. The first-order valence-corrected chi connectivity index (χ1v) is 4.30. The number of carbonyl (C=O) groups is 1. The van der Waals surface area contributed by atoms with Crippen LogP contribution in [-0.4, -0.2) is 19.4 Å². The molecule has 0 radical (unpaired) electrons. The van der Waals surface area contributed by atoms with E-state index in [2.05, 4.69) is 10.3 Å². The van der Waals surface area contributed by atoms with Crippen LogP contribution in [0.1, 0.15) is 15.9 Å². The average molecular weight is 194 g/mol. The number of nitrogens with one attached hydrogen (secondary N) is 1. The monoisotopic (exact) mass is 194 g/mol. The van der Waals surface area contributed by atoms with Crippen molar-refractivity contribution in [1.82, 2.24) is 5.48 Å². The molecular formula is C10H14N2O2. The molecule has 0 aromatic heterocycles. The minimum atomic E-state index is -0.0759. The Morgan fingerprint density at radius 2 is 2.29 bits per heavy atom. The molecule has 0 aliphatic carbocycles. The fraction of sp³-hybridized carbons (Fsp3) is 0.300. The number of aryl methyl sites for hydroxylation is 1. The van der Waals surface area contributed by atoms with Gasteiger partial charge in [-0.3, -0.25) is 4.79 Å². The van der Waals surface area contributed by atoms with Crippen LogP contribution in [0.15, 0.2) is 18.2 Å². The smallest absolute Gasteiger partial charge is 0.181 e. The van der Waals surface area contributed by atoms with Crippen LogP contribution in [0.5, 0.6) is 0 Å². The van der Waals surface area contributed by atoms with Crippen molar-refractivity contribution in [3.63, 3.8) is 0 Å². The van der Waals surface area contributed by atoms with E-state index in [0.717, 1.165) is 5.56 Å². The Hall–Kier alpha value is -1.39. The van der Waals surface area contributed by atoms with Gasteiger partial charge in [-0.2, -0.15) is 5.48 Å². The summed E-state index contributed by atoms with van der Waals surface area (Å²) in [5, 5.41) is 0. The number of hydrogen-bond donors (Lipinski definition) is 2. The second kappa shape index (κ2) is 4.74. The normalized spacial score (nSPS) is 10.1. The van der Waals surface area contributed by atoms with E-state index in [1.54, 1.807) is 12.1 Å². The molecular weight excluding hydrogens is 180 g/mol. The maximum absolute atomic E-state index is 11.6. The number of rotatable bonds is 4. The predicted octanol–water partition coefficient (Wildman–Crippen LogP) is 0.911. The van der Waals surface area contributed by atoms with Crippen molar-refractivity contribution in [2.75, 3.05) is 19.4 Å². The summed E-state index contributed by atoms with van der Waals surface area (Å²) in [6, 6.07) is 5.38. The largest absolute Gasteiger partial charge is 0.398 e. The van der Waals surface area contributed by atoms with Gasteiger partial charge in [0.1, 0.15) is 0 Å². The molecule has 0 saturated heterocycles. The third-order valence-electron chi connectivity index (χ3n) is 1.89. The summed E-state index contributed by atoms with van der Waals surface area (Å²) in [5.41, 5.74) is 10.2. The highest BCUT2D eigenvalue weighted by molar-refractivity contribution is 6.02. The average Bonchev–Trinajstić information content (AvgIpc) is 2.18. The fourth-order valence-electron chi connectivity index (χ4n) is 1.14. The summed E-state index contributed by atoms with van der Waals surface area (Å²) in [4.78, 5) is 16.1. The molecule has 0 amide bonds. The molecule has 0 atom stereocenters. The van der Waals surface area contributed by atoms with E-state index >= 15 is 0 Å². The lowest BCUT2D eigenvalue weighted by Crippen LogP contribution is -2.22. The van der Waals surface area contributed by atoms with Crippen molar-refractivity contribution in [3.8, 4) is 0 Å². The molecule has 0 aliphatic heterocycles. The second-order valence-electron chi connectivity index (χ2n) is 3.04. The molecule has 1 rings (SSSR count). The molecule has 0 spiro atoms. The Kier molecular flexibility index (Phi) is 3.62. The van der Waals surface area contributed by atoms with Gasteiger partial charge < -0.3 is 10.6 Å². The van der Waals surface area contributed by atoms with Crippen molar-refractivity contribution < 1.29 is 9.63 Å². The zero-order valence-electron chi connectivity index (χ0n) is 8.33. The first-order valence-electron chi connectivity index (χ1n) is 4.30. The van der Waals surface area contributed by atoms with E-state index in [1.807, 2.05) is 13.0 Å². The van der Waals surface area contributed by atoms with E-state index in [9.17, 15) is 4.79 Å². The standard InChI is InChI=1S/C10H14N2O2/c1-7-3-4-9(11)8(5-7)10(13)6-12-14-2/h3-5,12H,6,11H2,1-2H3. The Balaban J connectivity index is 2.83. The Labute approximate surface area is 83.0 Å². The van der Waals surface area contributed by atoms with Gasteiger partial charge in [-0.05, 0) is 19.1 Å². The molecule has 0 fully saturated rings. The van der Waals surface area contributed by atoms with Gasteiger partial charge in [0.25, 0.3) is 0 Å². The highest BCUT2D eigenvalue weighted by Crippen LogP contribution is 2.13. The summed E-state index contributed by atoms with van der Waals surface area (Å²) < 4.78 is 0. The molecule has 0 saturated carbocycles. The molecule has 76 valence electrons. The Morgan fingerprint density at radius 3 is 2.93 bits per heavy atom. The molecule has 4 nitrogen and oxygen atoms in total. The summed E-state index contributed by atoms with van der Waals surface area (Å²) in [6.07, 6.45) is 0. The molecule has 3 N–H and O–H groups in total. The minimum absolute atomic E-state index is 0.0759. The summed E-state index contributed by atoms with van der Waals surface area (Å²) >= 11 is 0. The second-order valence-corrected chi connectivity index (χ2v) is 3.04. The molecule has 14 heavy (non-hydrogen) atoms. The van der Waals surface area contributed by atoms with E-state index in [1.165, 1.54) is 7.11 Å². The number of carbonyl (C=O) groups excluding carboxylic acids is 1. The minimum Gasteiger partial charge on any atom is -0.398 e. The van der Waals surface area contributed by atoms with Crippen molar-refractivity contribution >= 4 is 11.5 Å². The highest BCUT2D eigenvalue weighted by atomic mass is 16.6. The number of hydroxylamine groups is 1. The first-order chi connectivity index (χ1) is 6.65. The summed E-state index contributed by atoms with van der Waals surface area (Å²) in [6.45, 7) is 2.05. The van der Waals surface area contributed by atoms with E-state index in [4.69, 9.17) is 5.73 Å². The van der Waals surface area contributed by atoms with Crippen LogP contribution in [0.25, 0.3) is 0 Å². The number of nitrogens with two attached hydrogens (primary N) is 1. The van der Waals surface area contributed by atoms with Gasteiger partial charge >= 0.3 is 0 Å². The fourth-order valence-corrected chi connectivity index (χ4v) is 1.14. The summed E-state index contributed by atoms with van der Waals surface area (Å²) in [7, 11) is 1.47.